The second-order valence-corrected chi connectivity index (χ2v) is 3.60. The van der Waals surface area contributed by atoms with Crippen molar-refractivity contribution in [2.75, 3.05) is 6.54 Å². The van der Waals surface area contributed by atoms with Crippen molar-refractivity contribution in [3.05, 3.63) is 33.7 Å². The first-order valence-corrected chi connectivity index (χ1v) is 5.25. The zero-order valence-corrected chi connectivity index (χ0v) is 9.95. The molecule has 0 saturated carbocycles. The molecule has 0 amide bonds. The van der Waals surface area contributed by atoms with Gasteiger partial charge in [0, 0.05) is 24.8 Å². The molecule has 1 rings (SSSR count). The van der Waals surface area contributed by atoms with Gasteiger partial charge in [0.2, 0.25) is 0 Å². The number of nitrogens with two attached hydrogens (primary N) is 1. The molecule has 3 N–H and O–H groups in total. The van der Waals surface area contributed by atoms with Crippen LogP contribution in [0.3, 0.4) is 0 Å². The Hall–Kier alpha value is -1.78. The van der Waals surface area contributed by atoms with Gasteiger partial charge in [0.15, 0.2) is 5.96 Å². The Balaban J connectivity index is 2.87. The Morgan fingerprint density at radius 3 is 2.88 bits per heavy atom. The van der Waals surface area contributed by atoms with E-state index in [0.717, 1.165) is 12.2 Å². The average Bonchev–Trinajstić information content (AvgIpc) is 2.25. The largest absolute Gasteiger partial charge is 0.370 e. The van der Waals surface area contributed by atoms with Gasteiger partial charge < -0.3 is 15.6 Å². The van der Waals surface area contributed by atoms with Gasteiger partial charge in [-0.15, -0.1) is 0 Å². The van der Waals surface area contributed by atoms with Crippen LogP contribution in [0.4, 0.5) is 0 Å². The second-order valence-electron chi connectivity index (χ2n) is 3.60. The first-order chi connectivity index (χ1) is 7.56. The van der Waals surface area contributed by atoms with Crippen LogP contribution < -0.4 is 16.6 Å². The van der Waals surface area contributed by atoms with Crippen LogP contribution in [0.2, 0.25) is 0 Å². The highest BCUT2D eigenvalue weighted by Crippen LogP contribution is 1.98. The summed E-state index contributed by atoms with van der Waals surface area (Å²) in [5.41, 5.74) is 7.14. The summed E-state index contributed by atoms with van der Waals surface area (Å²) < 4.78 is 1.61. The third-order valence-corrected chi connectivity index (χ3v) is 2.41. The molecule has 0 unspecified atom stereocenters. The molecule has 0 aromatic carbocycles. The lowest BCUT2D eigenvalue weighted by molar-refractivity contribution is 0.793. The van der Waals surface area contributed by atoms with Crippen LogP contribution >= 0.6 is 0 Å². The van der Waals surface area contributed by atoms with Crippen molar-refractivity contribution in [2.45, 2.75) is 20.4 Å². The van der Waals surface area contributed by atoms with Gasteiger partial charge in [0.1, 0.15) is 0 Å². The maximum atomic E-state index is 11.8. The lowest BCUT2D eigenvalue weighted by atomic mass is 10.2. The minimum absolute atomic E-state index is 0.0203. The van der Waals surface area contributed by atoms with Crippen LogP contribution in [-0.2, 0) is 13.6 Å². The van der Waals surface area contributed by atoms with Crippen LogP contribution in [0.5, 0.6) is 0 Å². The molecule has 5 heteroatoms. The number of aliphatic imine (C=N–C) groups is 1. The van der Waals surface area contributed by atoms with E-state index in [1.54, 1.807) is 17.7 Å². The number of rotatable bonds is 3. The molecule has 0 radical (unpaired) electrons. The van der Waals surface area contributed by atoms with E-state index >= 15 is 0 Å². The zero-order valence-electron chi connectivity index (χ0n) is 9.95. The van der Waals surface area contributed by atoms with Gasteiger partial charge in [0.05, 0.1) is 6.54 Å². The summed E-state index contributed by atoms with van der Waals surface area (Å²) in [6, 6.07) is 3.69. The summed E-state index contributed by atoms with van der Waals surface area (Å²) in [5.74, 6) is 0.366. The van der Waals surface area contributed by atoms with Crippen molar-refractivity contribution < 1.29 is 0 Å². The fraction of sp³-hybridized carbons (Fsp3) is 0.455. The molecule has 1 aromatic heterocycles. The van der Waals surface area contributed by atoms with E-state index in [-0.39, 0.29) is 5.56 Å². The maximum absolute atomic E-state index is 11.8. The van der Waals surface area contributed by atoms with Crippen molar-refractivity contribution in [3.63, 3.8) is 0 Å². The molecule has 16 heavy (non-hydrogen) atoms. The summed E-state index contributed by atoms with van der Waals surface area (Å²) in [5, 5.41) is 2.88. The fourth-order valence-corrected chi connectivity index (χ4v) is 1.31. The third kappa shape index (κ3) is 2.85. The highest BCUT2D eigenvalue weighted by Gasteiger charge is 2.02. The first-order valence-electron chi connectivity index (χ1n) is 5.25. The molecule has 0 bridgehead atoms. The molecular weight excluding hydrogens is 204 g/mol. The minimum atomic E-state index is -0.0203. The smallest absolute Gasteiger partial charge is 0.255 e. The zero-order chi connectivity index (χ0) is 12.1. The van der Waals surface area contributed by atoms with Gasteiger partial charge in [0.25, 0.3) is 5.56 Å². The van der Waals surface area contributed by atoms with Gasteiger partial charge in [-0.1, -0.05) is 0 Å². The standard InChI is InChI=1S/C11H18N4O/c1-4-13-11(12)14-7-9-6-5-8(2)15(3)10(9)16/h5-6H,4,7H2,1-3H3,(H3,12,13,14). The Morgan fingerprint density at radius 2 is 2.25 bits per heavy atom. The van der Waals surface area contributed by atoms with Gasteiger partial charge in [-0.25, -0.2) is 4.99 Å². The van der Waals surface area contributed by atoms with Crippen molar-refractivity contribution in [2.24, 2.45) is 17.8 Å². The van der Waals surface area contributed by atoms with Crippen LogP contribution in [-0.4, -0.2) is 17.1 Å². The van der Waals surface area contributed by atoms with E-state index in [9.17, 15) is 4.79 Å². The number of nitrogens with zero attached hydrogens (tertiary/aromatic N) is 2. The maximum Gasteiger partial charge on any atom is 0.255 e. The molecule has 88 valence electrons. The van der Waals surface area contributed by atoms with Crippen molar-refractivity contribution >= 4 is 5.96 Å². The average molecular weight is 222 g/mol. The highest BCUT2D eigenvalue weighted by atomic mass is 16.1. The number of hydrogen-bond donors (Lipinski definition) is 2. The Morgan fingerprint density at radius 1 is 1.56 bits per heavy atom. The molecule has 1 aromatic rings. The molecule has 0 spiro atoms. The molecule has 0 aliphatic rings. The quantitative estimate of drug-likeness (QED) is 0.563. The predicted octanol–water partition coefficient (Wildman–Crippen LogP) is 0.118. The second kappa shape index (κ2) is 5.34. The van der Waals surface area contributed by atoms with Crippen LogP contribution in [0.15, 0.2) is 21.9 Å². The molecule has 5 nitrogen and oxygen atoms in total. The van der Waals surface area contributed by atoms with Gasteiger partial charge in [-0.3, -0.25) is 4.79 Å². The summed E-state index contributed by atoms with van der Waals surface area (Å²) in [6.07, 6.45) is 0. The third-order valence-electron chi connectivity index (χ3n) is 2.41. The predicted molar refractivity (Wildman–Crippen MR) is 65.4 cm³/mol. The highest BCUT2D eigenvalue weighted by molar-refractivity contribution is 5.77. The van der Waals surface area contributed by atoms with Crippen LogP contribution in [0, 0.1) is 6.92 Å². The number of pyridine rings is 1. The Bertz CT molecular complexity index is 448. The monoisotopic (exact) mass is 222 g/mol. The number of aryl methyl sites for hydroxylation is 1. The fourth-order valence-electron chi connectivity index (χ4n) is 1.31. The van der Waals surface area contributed by atoms with E-state index in [0.29, 0.717) is 18.1 Å². The van der Waals surface area contributed by atoms with Crippen LogP contribution in [0.1, 0.15) is 18.2 Å². The number of nitrogens with one attached hydrogen (secondary N) is 1. The van der Waals surface area contributed by atoms with E-state index in [1.807, 2.05) is 19.9 Å². The Labute approximate surface area is 95.0 Å². The minimum Gasteiger partial charge on any atom is -0.370 e. The van der Waals surface area contributed by atoms with Crippen molar-refractivity contribution in [1.82, 2.24) is 9.88 Å². The number of guanidine groups is 1. The number of hydrogen-bond acceptors (Lipinski definition) is 2. The van der Waals surface area contributed by atoms with Crippen molar-refractivity contribution in [3.8, 4) is 0 Å². The van der Waals surface area contributed by atoms with E-state index < -0.39 is 0 Å². The van der Waals surface area contributed by atoms with E-state index in [1.165, 1.54) is 0 Å². The lowest BCUT2D eigenvalue weighted by Gasteiger charge is -2.05. The molecule has 0 fully saturated rings. The first kappa shape index (κ1) is 12.3. The number of aromatic nitrogens is 1. The molecular formula is C11H18N4O. The molecule has 0 atom stereocenters. The topological polar surface area (TPSA) is 72.4 Å². The van der Waals surface area contributed by atoms with Crippen molar-refractivity contribution in [1.29, 1.82) is 0 Å². The van der Waals surface area contributed by atoms with Crippen LogP contribution in [0.25, 0.3) is 0 Å². The Kier molecular flexibility index (Phi) is 4.10. The summed E-state index contributed by atoms with van der Waals surface area (Å²) in [6.45, 7) is 4.86. The van der Waals surface area contributed by atoms with E-state index in [2.05, 4.69) is 10.3 Å². The summed E-state index contributed by atoms with van der Waals surface area (Å²) in [4.78, 5) is 15.9. The lowest BCUT2D eigenvalue weighted by Crippen LogP contribution is -2.31. The SMILES string of the molecule is CCNC(N)=NCc1ccc(C)n(C)c1=O. The van der Waals surface area contributed by atoms with Gasteiger partial charge in [-0.05, 0) is 26.0 Å². The summed E-state index contributed by atoms with van der Waals surface area (Å²) >= 11 is 0. The molecule has 1 heterocycles. The summed E-state index contributed by atoms with van der Waals surface area (Å²) in [7, 11) is 1.75. The molecule has 0 aliphatic carbocycles. The molecule has 0 saturated heterocycles. The van der Waals surface area contributed by atoms with Gasteiger partial charge >= 0.3 is 0 Å². The van der Waals surface area contributed by atoms with E-state index in [4.69, 9.17) is 5.73 Å². The molecule has 0 aliphatic heterocycles. The van der Waals surface area contributed by atoms with Gasteiger partial charge in [-0.2, -0.15) is 0 Å². The normalized spacial score (nSPS) is 11.6.